The van der Waals surface area contributed by atoms with Gasteiger partial charge in [-0.1, -0.05) is 12.1 Å². The molecule has 1 amide bonds. The third kappa shape index (κ3) is 3.81. The lowest BCUT2D eigenvalue weighted by atomic mass is 10.2. The van der Waals surface area contributed by atoms with Crippen LogP contribution in [-0.2, 0) is 9.53 Å². The summed E-state index contributed by atoms with van der Waals surface area (Å²) in [5.41, 5.74) is 0.497. The molecule has 124 valence electrons. The lowest BCUT2D eigenvalue weighted by Gasteiger charge is -2.24. The van der Waals surface area contributed by atoms with E-state index in [2.05, 4.69) is 10.3 Å². The highest BCUT2D eigenvalue weighted by molar-refractivity contribution is 5.93. The fourth-order valence-corrected chi connectivity index (χ4v) is 2.15. The van der Waals surface area contributed by atoms with Gasteiger partial charge in [0, 0.05) is 18.0 Å². The molecule has 0 aliphatic carbocycles. The van der Waals surface area contributed by atoms with Gasteiger partial charge < -0.3 is 19.5 Å². The number of fused-ring (bicyclic) bond motifs is 1. The van der Waals surface area contributed by atoms with E-state index in [-0.39, 0.29) is 25.7 Å². The van der Waals surface area contributed by atoms with Gasteiger partial charge in [0.15, 0.2) is 11.5 Å². The SMILES string of the molecule is O=C(NCCOC(=O)[C@@H]1COc2ccccc2O1)c1ccncc1. The van der Waals surface area contributed by atoms with E-state index >= 15 is 0 Å². The van der Waals surface area contributed by atoms with Crippen LogP contribution in [0.3, 0.4) is 0 Å². The molecule has 1 aromatic heterocycles. The van der Waals surface area contributed by atoms with E-state index in [1.807, 2.05) is 6.07 Å². The predicted octanol–water partition coefficient (Wildman–Crippen LogP) is 1.19. The molecule has 3 rings (SSSR count). The third-order valence-corrected chi connectivity index (χ3v) is 3.35. The Morgan fingerprint density at radius 1 is 1.17 bits per heavy atom. The van der Waals surface area contributed by atoms with Gasteiger partial charge in [-0.15, -0.1) is 0 Å². The van der Waals surface area contributed by atoms with Gasteiger partial charge in [0.2, 0.25) is 6.10 Å². The van der Waals surface area contributed by atoms with Gasteiger partial charge in [-0.3, -0.25) is 9.78 Å². The van der Waals surface area contributed by atoms with Crippen molar-refractivity contribution in [3.8, 4) is 11.5 Å². The highest BCUT2D eigenvalue weighted by Gasteiger charge is 2.28. The molecule has 1 aliphatic rings. The van der Waals surface area contributed by atoms with Crippen LogP contribution in [0.1, 0.15) is 10.4 Å². The normalized spacial score (nSPS) is 15.4. The minimum atomic E-state index is -0.809. The van der Waals surface area contributed by atoms with Crippen molar-refractivity contribution in [2.24, 2.45) is 0 Å². The molecule has 1 aliphatic heterocycles. The first-order valence-corrected chi connectivity index (χ1v) is 7.47. The molecule has 7 nitrogen and oxygen atoms in total. The molecule has 0 unspecified atom stereocenters. The highest BCUT2D eigenvalue weighted by Crippen LogP contribution is 2.31. The van der Waals surface area contributed by atoms with Crippen molar-refractivity contribution >= 4 is 11.9 Å². The van der Waals surface area contributed by atoms with E-state index in [0.717, 1.165) is 0 Å². The Hall–Kier alpha value is -3.09. The average Bonchev–Trinajstić information content (AvgIpc) is 2.65. The van der Waals surface area contributed by atoms with E-state index in [9.17, 15) is 9.59 Å². The fourth-order valence-electron chi connectivity index (χ4n) is 2.15. The summed E-state index contributed by atoms with van der Waals surface area (Å²) in [6.45, 7) is 0.355. The number of carbonyl (C=O) groups is 2. The molecule has 7 heteroatoms. The zero-order valence-corrected chi connectivity index (χ0v) is 12.8. The van der Waals surface area contributed by atoms with Gasteiger partial charge in [0.25, 0.3) is 5.91 Å². The number of esters is 1. The quantitative estimate of drug-likeness (QED) is 0.655. The maximum absolute atomic E-state index is 12.0. The second-order valence-corrected chi connectivity index (χ2v) is 5.02. The molecule has 1 atom stereocenters. The summed E-state index contributed by atoms with van der Waals surface area (Å²) in [6.07, 6.45) is 2.26. The Balaban J connectivity index is 1.41. The first kappa shape index (κ1) is 15.8. The van der Waals surface area contributed by atoms with Gasteiger partial charge in [0.05, 0.1) is 6.54 Å². The topological polar surface area (TPSA) is 86.8 Å². The molecule has 0 bridgehead atoms. The molecule has 1 aromatic carbocycles. The lowest BCUT2D eigenvalue weighted by molar-refractivity contribution is -0.154. The zero-order valence-electron chi connectivity index (χ0n) is 12.8. The summed E-state index contributed by atoms with van der Waals surface area (Å²) in [4.78, 5) is 27.6. The number of amides is 1. The first-order chi connectivity index (χ1) is 11.7. The molecule has 24 heavy (non-hydrogen) atoms. The number of hydrogen-bond acceptors (Lipinski definition) is 6. The Morgan fingerprint density at radius 3 is 2.71 bits per heavy atom. The van der Waals surface area contributed by atoms with E-state index in [4.69, 9.17) is 14.2 Å². The number of aromatic nitrogens is 1. The number of ether oxygens (including phenoxy) is 3. The fraction of sp³-hybridized carbons (Fsp3) is 0.235. The van der Waals surface area contributed by atoms with Crippen molar-refractivity contribution < 1.29 is 23.8 Å². The number of hydrogen-bond donors (Lipinski definition) is 1. The number of nitrogens with one attached hydrogen (secondary N) is 1. The molecular weight excluding hydrogens is 312 g/mol. The van der Waals surface area contributed by atoms with Crippen LogP contribution in [0.5, 0.6) is 11.5 Å². The number of nitrogens with zero attached hydrogens (tertiary/aromatic N) is 1. The first-order valence-electron chi connectivity index (χ1n) is 7.47. The van der Waals surface area contributed by atoms with Crippen molar-refractivity contribution in [2.45, 2.75) is 6.10 Å². The number of rotatable bonds is 5. The molecule has 0 fully saturated rings. The third-order valence-electron chi connectivity index (χ3n) is 3.35. The van der Waals surface area contributed by atoms with Crippen molar-refractivity contribution in [2.75, 3.05) is 19.8 Å². The van der Waals surface area contributed by atoms with E-state index < -0.39 is 12.1 Å². The predicted molar refractivity (Wildman–Crippen MR) is 83.9 cm³/mol. The molecule has 2 heterocycles. The monoisotopic (exact) mass is 328 g/mol. The summed E-state index contributed by atoms with van der Waals surface area (Å²) in [7, 11) is 0. The number of para-hydroxylation sites is 2. The number of carbonyl (C=O) groups excluding carboxylic acids is 2. The molecule has 0 saturated heterocycles. The average molecular weight is 328 g/mol. The minimum Gasteiger partial charge on any atom is -0.485 e. The van der Waals surface area contributed by atoms with Gasteiger partial charge in [-0.25, -0.2) is 4.79 Å². The maximum atomic E-state index is 12.0. The number of pyridine rings is 1. The van der Waals surface area contributed by atoms with Gasteiger partial charge in [-0.2, -0.15) is 0 Å². The van der Waals surface area contributed by atoms with Crippen molar-refractivity contribution in [1.29, 1.82) is 0 Å². The van der Waals surface area contributed by atoms with Crippen molar-refractivity contribution in [3.63, 3.8) is 0 Å². The van der Waals surface area contributed by atoms with Crippen molar-refractivity contribution in [3.05, 3.63) is 54.4 Å². The van der Waals surface area contributed by atoms with Crippen LogP contribution >= 0.6 is 0 Å². The van der Waals surface area contributed by atoms with Crippen LogP contribution < -0.4 is 14.8 Å². The molecule has 2 aromatic rings. The van der Waals surface area contributed by atoms with Crippen LogP contribution in [0, 0.1) is 0 Å². The smallest absolute Gasteiger partial charge is 0.351 e. The molecule has 0 radical (unpaired) electrons. The maximum Gasteiger partial charge on any atom is 0.351 e. The van der Waals surface area contributed by atoms with Crippen LogP contribution in [-0.4, -0.2) is 42.7 Å². The standard InChI is InChI=1S/C17H16N2O5/c20-16(12-5-7-18-8-6-12)19-9-10-22-17(21)15-11-23-13-3-1-2-4-14(13)24-15/h1-8,15H,9-11H2,(H,19,20)/t15-/m0/s1. The van der Waals surface area contributed by atoms with Gasteiger partial charge >= 0.3 is 5.97 Å². The second-order valence-electron chi connectivity index (χ2n) is 5.02. The second kappa shape index (κ2) is 7.45. The summed E-state index contributed by atoms with van der Waals surface area (Å²) in [5, 5.41) is 2.66. The van der Waals surface area contributed by atoms with Crippen LogP contribution in [0.25, 0.3) is 0 Å². The van der Waals surface area contributed by atoms with Crippen LogP contribution in [0.4, 0.5) is 0 Å². The summed E-state index contributed by atoms with van der Waals surface area (Å²) in [5.74, 6) is 0.338. The van der Waals surface area contributed by atoms with Crippen LogP contribution in [0.15, 0.2) is 48.8 Å². The van der Waals surface area contributed by atoms with Crippen LogP contribution in [0.2, 0.25) is 0 Å². The highest BCUT2D eigenvalue weighted by atomic mass is 16.6. The molecule has 1 N–H and O–H groups in total. The summed E-state index contributed by atoms with van der Waals surface area (Å²) < 4.78 is 16.1. The Kier molecular flexibility index (Phi) is 4.90. The largest absolute Gasteiger partial charge is 0.485 e. The van der Waals surface area contributed by atoms with E-state index in [1.165, 1.54) is 12.4 Å². The lowest BCUT2D eigenvalue weighted by Crippen LogP contribution is -2.39. The molecular formula is C17H16N2O5. The van der Waals surface area contributed by atoms with Gasteiger partial charge in [-0.05, 0) is 24.3 Å². The van der Waals surface area contributed by atoms with E-state index in [0.29, 0.717) is 17.1 Å². The van der Waals surface area contributed by atoms with Gasteiger partial charge in [0.1, 0.15) is 13.2 Å². The Labute approximate surface area is 138 Å². The Morgan fingerprint density at radius 2 is 1.92 bits per heavy atom. The van der Waals surface area contributed by atoms with E-state index in [1.54, 1.807) is 30.3 Å². The van der Waals surface area contributed by atoms with Crippen molar-refractivity contribution in [1.82, 2.24) is 10.3 Å². The summed E-state index contributed by atoms with van der Waals surface area (Å²) in [6, 6.07) is 10.3. The number of benzene rings is 1. The zero-order chi connectivity index (χ0) is 16.8. The minimum absolute atomic E-state index is 0.0527. The summed E-state index contributed by atoms with van der Waals surface area (Å²) >= 11 is 0. The Bertz CT molecular complexity index is 720. The molecule has 0 saturated carbocycles. The molecule has 0 spiro atoms.